The first-order valence-corrected chi connectivity index (χ1v) is 2.53. The second-order valence-electron chi connectivity index (χ2n) is 1.90. The first-order valence-electron chi connectivity index (χ1n) is 2.53. The maximum Gasteiger partial charge on any atom is 0.323 e. The molecule has 6 heteroatoms. The smallest absolute Gasteiger partial charge is 0.260 e. The monoisotopic (exact) mass is 172 g/mol. The zero-order chi connectivity index (χ0) is 9.07. The van der Waals surface area contributed by atoms with Crippen LogP contribution < -0.4 is 0 Å². The van der Waals surface area contributed by atoms with Gasteiger partial charge in [-0.1, -0.05) is 0 Å². The third-order valence-corrected chi connectivity index (χ3v) is 1.21. The van der Waals surface area contributed by atoms with E-state index in [1.165, 1.54) is 0 Å². The fourth-order valence-electron chi connectivity index (χ4n) is 0.323. The number of halogens is 4. The lowest BCUT2D eigenvalue weighted by Crippen LogP contribution is -2.39. The summed E-state index contributed by atoms with van der Waals surface area (Å²) in [6, 6.07) is -5.26. The zero-order valence-corrected chi connectivity index (χ0v) is 5.24. The summed E-state index contributed by atoms with van der Waals surface area (Å²) in [6.07, 6.45) is 0. The van der Waals surface area contributed by atoms with E-state index in [1.807, 2.05) is 0 Å². The average molecular weight is 172 g/mol. The molecule has 0 spiro atoms. The van der Waals surface area contributed by atoms with E-state index >= 15 is 0 Å². The quantitative estimate of drug-likeness (QED) is 0.358. The fourth-order valence-corrected chi connectivity index (χ4v) is 0.323. The molecular weight excluding hydrogens is 168 g/mol. The normalized spacial score (nSPS) is 11.3. The van der Waals surface area contributed by atoms with Crippen molar-refractivity contribution in [1.82, 2.24) is 0 Å². The van der Waals surface area contributed by atoms with Gasteiger partial charge in [-0.25, -0.2) is 8.78 Å². The van der Waals surface area contributed by atoms with Crippen molar-refractivity contribution in [2.45, 2.75) is 0 Å². The van der Waals surface area contributed by atoms with E-state index in [-0.39, 0.29) is 0 Å². The van der Waals surface area contributed by atoms with Crippen LogP contribution in [0.15, 0.2) is 0 Å². The molecule has 0 fully saturated rings. The average Bonchev–Trinajstić information content (AvgIpc) is 1.90. The molecule has 0 saturated carbocycles. The van der Waals surface area contributed by atoms with Gasteiger partial charge in [-0.2, -0.15) is 8.78 Å². The lowest BCUT2D eigenvalue weighted by molar-refractivity contribution is -0.157. The summed E-state index contributed by atoms with van der Waals surface area (Å²) in [7, 11) is 0. The second-order valence-corrected chi connectivity index (χ2v) is 1.90. The molecule has 2 nitrogen and oxygen atoms in total. The number of alkyl halides is 2. The maximum absolute atomic E-state index is 11.7. The van der Waals surface area contributed by atoms with Crippen LogP contribution in [0.2, 0.25) is 0 Å². The first-order chi connectivity index (χ1) is 5.01. The molecule has 0 heterocycles. The Labute approximate surface area is 59.2 Å². The highest BCUT2D eigenvalue weighted by Gasteiger charge is 2.48. The van der Waals surface area contributed by atoms with Gasteiger partial charge in [0.1, 0.15) is 13.3 Å². The van der Waals surface area contributed by atoms with Crippen LogP contribution in [0, 0.1) is 5.41 Å². The molecule has 0 radical (unpaired) electrons. The Morgan fingerprint density at radius 2 is 1.27 bits per heavy atom. The van der Waals surface area contributed by atoms with Gasteiger partial charge in [0, 0.05) is 0 Å². The van der Waals surface area contributed by atoms with Gasteiger partial charge in [-0.3, -0.25) is 9.59 Å². The standard InChI is InChI=1S/C5H4F4O2/c6-1-5(2-7,3(8)10)4(9)11/h1-2H2. The number of carbonyl (C=O) groups is 2. The summed E-state index contributed by atoms with van der Waals surface area (Å²) in [4.78, 5) is 19.5. The number of hydrogen-bond acceptors (Lipinski definition) is 2. The molecular formula is C5H4F4O2. The molecule has 0 aromatic carbocycles. The van der Waals surface area contributed by atoms with E-state index in [1.54, 1.807) is 0 Å². The Morgan fingerprint density at radius 3 is 1.27 bits per heavy atom. The van der Waals surface area contributed by atoms with Crippen LogP contribution in [0.3, 0.4) is 0 Å². The summed E-state index contributed by atoms with van der Waals surface area (Å²) in [6.45, 7) is -4.01. The van der Waals surface area contributed by atoms with Crippen LogP contribution in [-0.2, 0) is 9.59 Å². The summed E-state index contributed by atoms with van der Waals surface area (Å²) in [5.74, 6) is 0. The van der Waals surface area contributed by atoms with E-state index in [0.717, 1.165) is 0 Å². The Bertz CT molecular complexity index is 159. The van der Waals surface area contributed by atoms with Crippen molar-refractivity contribution in [2.75, 3.05) is 13.3 Å². The zero-order valence-electron chi connectivity index (χ0n) is 5.24. The highest BCUT2D eigenvalue weighted by atomic mass is 19.2. The van der Waals surface area contributed by atoms with Crippen LogP contribution in [-0.4, -0.2) is 25.4 Å². The molecule has 0 aromatic rings. The number of carbonyl (C=O) groups excluding carboxylic acids is 2. The minimum Gasteiger partial charge on any atom is -0.260 e. The third kappa shape index (κ3) is 1.55. The molecule has 0 aromatic heterocycles. The van der Waals surface area contributed by atoms with Gasteiger partial charge < -0.3 is 0 Å². The van der Waals surface area contributed by atoms with Crippen molar-refractivity contribution in [3.8, 4) is 0 Å². The minimum absolute atomic E-state index is 2.01. The molecule has 0 rings (SSSR count). The Balaban J connectivity index is 4.76. The van der Waals surface area contributed by atoms with Crippen molar-refractivity contribution < 1.29 is 27.2 Å². The molecule has 0 N–H and O–H groups in total. The SMILES string of the molecule is O=C(F)C(CF)(CF)C(=O)F. The highest BCUT2D eigenvalue weighted by molar-refractivity contribution is 5.99. The van der Waals surface area contributed by atoms with Crippen LogP contribution in [0.5, 0.6) is 0 Å². The molecule has 0 unspecified atom stereocenters. The summed E-state index contributed by atoms with van der Waals surface area (Å²) < 4.78 is 46.7. The lowest BCUT2D eigenvalue weighted by atomic mass is 9.93. The molecule has 0 bridgehead atoms. The molecule has 0 atom stereocenters. The van der Waals surface area contributed by atoms with Gasteiger partial charge in [-0.15, -0.1) is 0 Å². The van der Waals surface area contributed by atoms with Gasteiger partial charge in [0.15, 0.2) is 0 Å². The summed E-state index contributed by atoms with van der Waals surface area (Å²) in [5.41, 5.74) is -3.36. The van der Waals surface area contributed by atoms with E-state index < -0.39 is 30.8 Å². The van der Waals surface area contributed by atoms with E-state index in [2.05, 4.69) is 0 Å². The van der Waals surface area contributed by atoms with Crippen molar-refractivity contribution in [2.24, 2.45) is 5.41 Å². The largest absolute Gasteiger partial charge is 0.323 e. The van der Waals surface area contributed by atoms with Crippen LogP contribution >= 0.6 is 0 Å². The summed E-state index contributed by atoms with van der Waals surface area (Å²) in [5, 5.41) is 0. The molecule has 0 aliphatic heterocycles. The molecule has 0 amide bonds. The molecule has 64 valence electrons. The number of rotatable bonds is 4. The Morgan fingerprint density at radius 1 is 1.00 bits per heavy atom. The van der Waals surface area contributed by atoms with Crippen molar-refractivity contribution in [3.63, 3.8) is 0 Å². The van der Waals surface area contributed by atoms with Crippen molar-refractivity contribution in [3.05, 3.63) is 0 Å². The van der Waals surface area contributed by atoms with E-state index in [0.29, 0.717) is 0 Å². The lowest BCUT2D eigenvalue weighted by Gasteiger charge is -2.14. The third-order valence-electron chi connectivity index (χ3n) is 1.21. The number of hydrogen-bond donors (Lipinski definition) is 0. The van der Waals surface area contributed by atoms with Crippen molar-refractivity contribution in [1.29, 1.82) is 0 Å². The van der Waals surface area contributed by atoms with Crippen molar-refractivity contribution >= 4 is 12.1 Å². The maximum atomic E-state index is 11.7. The van der Waals surface area contributed by atoms with E-state index in [9.17, 15) is 27.2 Å². The van der Waals surface area contributed by atoms with Gasteiger partial charge in [0.05, 0.1) is 0 Å². The fraction of sp³-hybridized carbons (Fsp3) is 0.600. The minimum atomic E-state index is -3.36. The van der Waals surface area contributed by atoms with Crippen LogP contribution in [0.25, 0.3) is 0 Å². The van der Waals surface area contributed by atoms with Crippen LogP contribution in [0.4, 0.5) is 17.6 Å². The van der Waals surface area contributed by atoms with Gasteiger partial charge in [0.2, 0.25) is 5.41 Å². The predicted molar refractivity (Wildman–Crippen MR) is 26.6 cm³/mol. The Kier molecular flexibility index (Phi) is 3.16. The molecule has 0 aliphatic rings. The Hall–Kier alpha value is -0.940. The first kappa shape index (κ1) is 10.1. The molecule has 0 aliphatic carbocycles. The summed E-state index contributed by atoms with van der Waals surface area (Å²) >= 11 is 0. The highest BCUT2D eigenvalue weighted by Crippen LogP contribution is 2.23. The van der Waals surface area contributed by atoms with E-state index in [4.69, 9.17) is 0 Å². The second kappa shape index (κ2) is 3.45. The van der Waals surface area contributed by atoms with Gasteiger partial charge >= 0.3 is 12.1 Å². The van der Waals surface area contributed by atoms with Crippen LogP contribution in [0.1, 0.15) is 0 Å². The predicted octanol–water partition coefficient (Wildman–Crippen LogP) is 0.904. The van der Waals surface area contributed by atoms with Gasteiger partial charge in [-0.05, 0) is 0 Å². The molecule has 11 heavy (non-hydrogen) atoms. The molecule has 0 saturated heterocycles. The topological polar surface area (TPSA) is 34.1 Å². The van der Waals surface area contributed by atoms with Gasteiger partial charge in [0.25, 0.3) is 0 Å².